The molecule has 0 radical (unpaired) electrons. The zero-order valence-electron chi connectivity index (χ0n) is 9.01. The minimum Gasteiger partial charge on any atom is -1.00 e. The third-order valence-corrected chi connectivity index (χ3v) is 3.92. The van der Waals surface area contributed by atoms with Gasteiger partial charge >= 0.3 is 93.8 Å². The van der Waals surface area contributed by atoms with Crippen LogP contribution in [0.1, 0.15) is 33.1 Å². The predicted molar refractivity (Wildman–Crippen MR) is 56.3 cm³/mol. The van der Waals surface area contributed by atoms with Crippen LogP contribution in [0.15, 0.2) is 0 Å². The van der Waals surface area contributed by atoms with Crippen LogP contribution in [0.25, 0.3) is 0 Å². The van der Waals surface area contributed by atoms with Crippen molar-refractivity contribution in [1.82, 2.24) is 0 Å². The summed E-state index contributed by atoms with van der Waals surface area (Å²) < 4.78 is 5.38. The van der Waals surface area contributed by atoms with Crippen LogP contribution < -0.4 is 43.0 Å². The third kappa shape index (κ3) is 18.5. The average molecular weight is 401 g/mol. The fourth-order valence-corrected chi connectivity index (χ4v) is 2.66. The molecule has 0 aromatic carbocycles. The summed E-state index contributed by atoms with van der Waals surface area (Å²) in [4.78, 5) is 0. The first kappa shape index (κ1) is 25.7. The van der Waals surface area contributed by atoms with Crippen molar-refractivity contribution in [3.05, 3.63) is 0 Å². The number of nitrogens with two attached hydrogens (primary N) is 1. The second-order valence-corrected chi connectivity index (χ2v) is 5.02. The molecule has 0 spiro atoms. The smallest absolute Gasteiger partial charge is 1.00 e. The Bertz CT molecular complexity index is 114. The van der Waals surface area contributed by atoms with Crippen molar-refractivity contribution in [2.75, 3.05) is 5.75 Å². The number of thioether (sulfide) groups is 1. The monoisotopic (exact) mass is 401 g/mol. The second-order valence-electron chi connectivity index (χ2n) is 2.91. The van der Waals surface area contributed by atoms with Crippen LogP contribution in [0.4, 0.5) is 0 Å². The first-order valence-corrected chi connectivity index (χ1v) is 6.61. The second kappa shape index (κ2) is 18.3. The number of hydrogen-bond donors (Lipinski definition) is 1. The van der Waals surface area contributed by atoms with E-state index in [2.05, 4.69) is 13.8 Å². The van der Waals surface area contributed by atoms with Gasteiger partial charge in [-0.3, -0.25) is 0 Å². The van der Waals surface area contributed by atoms with E-state index >= 15 is 0 Å². The molecule has 2 unspecified atom stereocenters. The largest absolute Gasteiger partial charge is 1.00 e. The van der Waals surface area contributed by atoms with Crippen molar-refractivity contribution in [2.24, 2.45) is 5.73 Å². The molecule has 15 heavy (non-hydrogen) atoms. The van der Waals surface area contributed by atoms with Crippen molar-refractivity contribution in [1.29, 1.82) is 0 Å². The van der Waals surface area contributed by atoms with Gasteiger partial charge in [-0.25, -0.2) is 0 Å². The molecule has 2 N–H and O–H groups in total. The Morgan fingerprint density at radius 2 is 1.80 bits per heavy atom. The molecule has 0 aromatic heterocycles. The molecule has 2 nitrogen and oxygen atoms in total. The van der Waals surface area contributed by atoms with E-state index in [0.717, 1.165) is 18.6 Å². The molecule has 0 amide bonds. The Morgan fingerprint density at radius 1 is 1.27 bits per heavy atom. The molecular weight excluding hydrogens is 383 g/mol. The Kier molecular flexibility index (Phi) is 31.4. The van der Waals surface area contributed by atoms with E-state index < -0.39 is 0 Å². The number of hydrogen-bond acceptors (Lipinski definition) is 3. The van der Waals surface area contributed by atoms with Crippen molar-refractivity contribution >= 4 is 34.7 Å². The summed E-state index contributed by atoms with van der Waals surface area (Å²) in [6.45, 7) is 4.22. The molecule has 0 fully saturated rings. The molecule has 2 atom stereocenters. The van der Waals surface area contributed by atoms with Gasteiger partial charge in [0.05, 0.1) is 0 Å². The van der Waals surface area contributed by atoms with E-state index in [0.29, 0.717) is 11.5 Å². The van der Waals surface area contributed by atoms with Gasteiger partial charge < -0.3 is 37.2 Å². The quantitative estimate of drug-likeness (QED) is 0.340. The van der Waals surface area contributed by atoms with Crippen molar-refractivity contribution < 1.29 is 40.3 Å². The number of halogens is 3. The van der Waals surface area contributed by atoms with Crippen LogP contribution in [-0.2, 0) is 3.07 Å². The minimum atomic E-state index is 0. The maximum Gasteiger partial charge on any atom is -1.00 e. The van der Waals surface area contributed by atoms with E-state index in [1.807, 2.05) is 11.8 Å². The molecule has 0 aliphatic rings. The zero-order valence-corrected chi connectivity index (χ0v) is 14.9. The van der Waals surface area contributed by atoms with Gasteiger partial charge in [0.25, 0.3) is 0 Å². The zero-order chi connectivity index (χ0) is 9.40. The van der Waals surface area contributed by atoms with Crippen LogP contribution in [0, 0.1) is 0 Å². The van der Waals surface area contributed by atoms with Crippen LogP contribution in [0.3, 0.4) is 0 Å². The molecule has 0 aliphatic carbocycles. The van der Waals surface area contributed by atoms with Gasteiger partial charge in [-0.05, 0) is 0 Å². The minimum absolute atomic E-state index is 0. The van der Waals surface area contributed by atoms with Gasteiger partial charge in [-0.15, -0.1) is 0 Å². The van der Waals surface area contributed by atoms with Crippen LogP contribution in [0.2, 0.25) is 0 Å². The van der Waals surface area contributed by atoms with Gasteiger partial charge in [0.1, 0.15) is 0 Å². The predicted octanol–water partition coefficient (Wildman–Crippen LogP) is -7.30. The van der Waals surface area contributed by atoms with Crippen molar-refractivity contribution in [2.45, 2.75) is 44.6 Å². The van der Waals surface area contributed by atoms with Crippen LogP contribution in [0.5, 0.6) is 0 Å². The summed E-state index contributed by atoms with van der Waals surface area (Å²) in [6.07, 6.45) is 3.44. The summed E-state index contributed by atoms with van der Waals surface area (Å²) in [5, 5.41) is 0. The molecule has 0 bridgehead atoms. The van der Waals surface area contributed by atoms with Gasteiger partial charge in [-0.2, -0.15) is 0 Å². The van der Waals surface area contributed by atoms with Crippen LogP contribution >= 0.6 is 11.8 Å². The Hall–Kier alpha value is 1.94. The molecule has 0 saturated carbocycles. The topological polar surface area (TPSA) is 35.2 Å². The SMILES string of the molecule is CCSC(CCCC(C)N)[O][Sn+3].[Cl-].[Cl-].[Cl-]. The Balaban J connectivity index is -0.000000202. The maximum absolute atomic E-state index is 5.65. The average Bonchev–Trinajstić information content (AvgIpc) is 2.02. The number of rotatable bonds is 7. The first-order chi connectivity index (χ1) is 5.70. The fraction of sp³-hybridized carbons (Fsp3) is 1.00. The van der Waals surface area contributed by atoms with Gasteiger partial charge in [0, 0.05) is 0 Å². The third-order valence-electron chi connectivity index (χ3n) is 1.58. The molecule has 0 aliphatic heterocycles. The summed E-state index contributed by atoms with van der Waals surface area (Å²) in [5.41, 5.74) is 6.06. The van der Waals surface area contributed by atoms with E-state index in [1.54, 1.807) is 0 Å². The normalized spacial score (nSPS) is 12.9. The van der Waals surface area contributed by atoms with Crippen molar-refractivity contribution in [3.63, 3.8) is 0 Å². The molecule has 0 heterocycles. The summed E-state index contributed by atoms with van der Waals surface area (Å²) in [7, 11) is 0. The molecule has 7 heteroatoms. The van der Waals surface area contributed by atoms with Crippen LogP contribution in [-0.4, -0.2) is 40.2 Å². The van der Waals surface area contributed by atoms with E-state index in [4.69, 9.17) is 8.81 Å². The summed E-state index contributed by atoms with van der Waals surface area (Å²) in [5.74, 6) is 1.14. The van der Waals surface area contributed by atoms with E-state index in [-0.39, 0.29) is 37.2 Å². The molecule has 92 valence electrons. The van der Waals surface area contributed by atoms with Gasteiger partial charge in [0.2, 0.25) is 0 Å². The van der Waals surface area contributed by atoms with E-state index in [1.165, 1.54) is 29.4 Å². The molecule has 0 aromatic rings. The van der Waals surface area contributed by atoms with Gasteiger partial charge in [-0.1, -0.05) is 0 Å². The fourth-order valence-electron chi connectivity index (χ4n) is 0.969. The first-order valence-electron chi connectivity index (χ1n) is 4.40. The maximum atomic E-state index is 5.65. The Morgan fingerprint density at radius 3 is 2.13 bits per heavy atom. The molecule has 0 rings (SSSR count). The molecule has 0 saturated heterocycles. The van der Waals surface area contributed by atoms with Gasteiger partial charge in [0.15, 0.2) is 0 Å². The summed E-state index contributed by atoms with van der Waals surface area (Å²) >= 11 is 3.06. The Labute approximate surface area is 130 Å². The van der Waals surface area contributed by atoms with Crippen molar-refractivity contribution in [3.8, 4) is 0 Å². The standard InChI is InChI=1S/C8H18NOS.3ClH.Sn/c1-3-11-8(10)6-4-5-7(2)9;;;;/h7-8H,3-6,9H2,1-2H3;3*1H;/q-1;;;;+4/p-3. The van der Waals surface area contributed by atoms with E-state index in [9.17, 15) is 0 Å². The molecular formula is C8H18Cl3NOSSn. The summed E-state index contributed by atoms with van der Waals surface area (Å²) in [6, 6.07) is 0.335.